The van der Waals surface area contributed by atoms with E-state index in [4.69, 9.17) is 21.1 Å². The van der Waals surface area contributed by atoms with Gasteiger partial charge in [-0.25, -0.2) is 18.6 Å². The molecular formula is C26H25ClF2N4O5. The predicted molar refractivity (Wildman–Crippen MR) is 138 cm³/mol. The van der Waals surface area contributed by atoms with E-state index >= 15 is 0 Å². The molecule has 3 N–H and O–H groups in total. The highest BCUT2D eigenvalue weighted by molar-refractivity contribution is 6.30. The van der Waals surface area contributed by atoms with Gasteiger partial charge in [0.05, 0.1) is 28.4 Å². The predicted octanol–water partition coefficient (Wildman–Crippen LogP) is 5.42. The van der Waals surface area contributed by atoms with Crippen molar-refractivity contribution in [1.82, 2.24) is 10.3 Å². The summed E-state index contributed by atoms with van der Waals surface area (Å²) in [6.07, 6.45) is 0.666. The van der Waals surface area contributed by atoms with Gasteiger partial charge in [-0.2, -0.15) is 0 Å². The van der Waals surface area contributed by atoms with E-state index in [9.17, 15) is 23.2 Å². The van der Waals surface area contributed by atoms with Crippen LogP contribution in [0.15, 0.2) is 54.7 Å². The van der Waals surface area contributed by atoms with Crippen molar-refractivity contribution in [2.75, 3.05) is 23.8 Å². The molecule has 1 aromatic heterocycles. The van der Waals surface area contributed by atoms with E-state index in [-0.39, 0.29) is 41.5 Å². The Kier molecular flexibility index (Phi) is 9.19. The summed E-state index contributed by atoms with van der Waals surface area (Å²) in [7, 11) is 0. The molecule has 9 nitrogen and oxygen atoms in total. The minimum atomic E-state index is -0.745. The smallest absolute Gasteiger partial charge is 0.407 e. The third-order valence-electron chi connectivity index (χ3n) is 4.66. The molecule has 200 valence electrons. The molecule has 1 heterocycles. The third kappa shape index (κ3) is 8.41. The van der Waals surface area contributed by atoms with Crippen molar-refractivity contribution in [1.29, 1.82) is 0 Å². The van der Waals surface area contributed by atoms with Gasteiger partial charge in [0.15, 0.2) is 0 Å². The molecule has 0 aliphatic rings. The highest BCUT2D eigenvalue weighted by Gasteiger charge is 2.20. The van der Waals surface area contributed by atoms with Crippen molar-refractivity contribution in [3.05, 3.63) is 82.5 Å². The number of carbonyl (C=O) groups is 3. The van der Waals surface area contributed by atoms with Gasteiger partial charge in [0.25, 0.3) is 11.8 Å². The third-order valence-corrected chi connectivity index (χ3v) is 4.88. The summed E-state index contributed by atoms with van der Waals surface area (Å²) in [5.41, 5.74) is -0.926. The number of nitrogens with one attached hydrogen (secondary N) is 3. The van der Waals surface area contributed by atoms with Crippen LogP contribution in [0, 0.1) is 11.6 Å². The maximum absolute atomic E-state index is 14.0. The second kappa shape index (κ2) is 12.3. The summed E-state index contributed by atoms with van der Waals surface area (Å²) in [4.78, 5) is 41.6. The number of amides is 3. The summed E-state index contributed by atoms with van der Waals surface area (Å²) in [5, 5.41) is 7.87. The average Bonchev–Trinajstić information content (AvgIpc) is 2.83. The summed E-state index contributed by atoms with van der Waals surface area (Å²) in [6.45, 7) is 5.07. The Morgan fingerprint density at radius 2 is 1.61 bits per heavy atom. The lowest BCUT2D eigenvalue weighted by molar-refractivity contribution is 0.0519. The van der Waals surface area contributed by atoms with Gasteiger partial charge >= 0.3 is 6.09 Å². The molecule has 38 heavy (non-hydrogen) atoms. The van der Waals surface area contributed by atoms with Crippen molar-refractivity contribution in [2.24, 2.45) is 0 Å². The first-order valence-electron chi connectivity index (χ1n) is 11.3. The monoisotopic (exact) mass is 546 g/mol. The summed E-state index contributed by atoms with van der Waals surface area (Å²) < 4.78 is 38.5. The van der Waals surface area contributed by atoms with E-state index in [0.717, 1.165) is 24.3 Å². The lowest BCUT2D eigenvalue weighted by Crippen LogP contribution is -2.34. The molecule has 0 saturated heterocycles. The van der Waals surface area contributed by atoms with Crippen LogP contribution in [0.3, 0.4) is 0 Å². The van der Waals surface area contributed by atoms with Gasteiger partial charge in [-0.1, -0.05) is 11.6 Å². The fourth-order valence-electron chi connectivity index (χ4n) is 3.07. The van der Waals surface area contributed by atoms with Crippen molar-refractivity contribution in [2.45, 2.75) is 26.4 Å². The lowest BCUT2D eigenvalue weighted by atomic mass is 10.1. The maximum Gasteiger partial charge on any atom is 0.407 e. The van der Waals surface area contributed by atoms with Gasteiger partial charge in [-0.05, 0) is 63.2 Å². The van der Waals surface area contributed by atoms with E-state index in [2.05, 4.69) is 20.9 Å². The zero-order chi connectivity index (χ0) is 27.9. The molecule has 0 aliphatic heterocycles. The van der Waals surface area contributed by atoms with Crippen LogP contribution in [0.2, 0.25) is 5.02 Å². The number of halogens is 3. The molecule has 0 aliphatic carbocycles. The number of anilines is 2. The second-order valence-electron chi connectivity index (χ2n) is 8.88. The minimum absolute atomic E-state index is 0.00951. The van der Waals surface area contributed by atoms with E-state index in [1.807, 2.05) is 0 Å². The SMILES string of the molecule is CC(C)(C)OC(=O)NCCOc1cc(F)ccc1C(=O)Nc1ccc(F)cc1C(=O)Nc1ccc(Cl)cn1. The topological polar surface area (TPSA) is 119 Å². The Hall–Kier alpha value is -4.25. The van der Waals surface area contributed by atoms with Gasteiger partial charge in [-0.3, -0.25) is 9.59 Å². The van der Waals surface area contributed by atoms with Crippen LogP contribution in [-0.2, 0) is 4.74 Å². The molecule has 2 aromatic carbocycles. The van der Waals surface area contributed by atoms with Gasteiger partial charge in [-0.15, -0.1) is 0 Å². The van der Waals surface area contributed by atoms with Crippen LogP contribution in [0.5, 0.6) is 5.75 Å². The molecule has 0 radical (unpaired) electrons. The van der Waals surface area contributed by atoms with Crippen LogP contribution in [-0.4, -0.2) is 41.6 Å². The Morgan fingerprint density at radius 3 is 2.29 bits per heavy atom. The highest BCUT2D eigenvalue weighted by Crippen LogP contribution is 2.24. The second-order valence-corrected chi connectivity index (χ2v) is 9.31. The van der Waals surface area contributed by atoms with Crippen molar-refractivity contribution in [3.63, 3.8) is 0 Å². The molecule has 3 aromatic rings. The Labute approximate surface area is 222 Å². The maximum atomic E-state index is 14.0. The number of carbonyl (C=O) groups excluding carboxylic acids is 3. The van der Waals surface area contributed by atoms with E-state index < -0.39 is 35.1 Å². The number of pyridine rings is 1. The first-order valence-corrected chi connectivity index (χ1v) is 11.7. The minimum Gasteiger partial charge on any atom is -0.491 e. The van der Waals surface area contributed by atoms with E-state index in [1.165, 1.54) is 30.5 Å². The van der Waals surface area contributed by atoms with E-state index in [0.29, 0.717) is 5.02 Å². The molecule has 0 saturated carbocycles. The number of benzene rings is 2. The molecule has 0 spiro atoms. The fourth-order valence-corrected chi connectivity index (χ4v) is 3.18. The first-order chi connectivity index (χ1) is 17.9. The number of hydrogen-bond acceptors (Lipinski definition) is 6. The average molecular weight is 547 g/mol. The van der Waals surface area contributed by atoms with Crippen LogP contribution < -0.4 is 20.7 Å². The molecule has 3 amide bonds. The van der Waals surface area contributed by atoms with Crippen molar-refractivity contribution < 1.29 is 32.6 Å². The van der Waals surface area contributed by atoms with Crippen molar-refractivity contribution >= 4 is 41.0 Å². The quantitative estimate of drug-likeness (QED) is 0.325. The van der Waals surface area contributed by atoms with E-state index in [1.54, 1.807) is 20.8 Å². The number of rotatable bonds is 8. The summed E-state index contributed by atoms with van der Waals surface area (Å²) >= 11 is 5.80. The van der Waals surface area contributed by atoms with Crippen LogP contribution in [0.1, 0.15) is 41.5 Å². The first kappa shape index (κ1) is 28.3. The standard InChI is InChI=1S/C26H25ClF2N4O5/c1-26(2,3)38-25(36)30-10-11-37-21-13-17(29)5-7-18(21)23(34)32-20-8-6-16(28)12-19(20)24(35)33-22-9-4-15(27)14-31-22/h4-9,12-14H,10-11H2,1-3H3,(H,30,36)(H,32,34)(H,31,33,35). The van der Waals surface area contributed by atoms with Gasteiger partial charge in [0, 0.05) is 12.3 Å². The van der Waals surface area contributed by atoms with Crippen molar-refractivity contribution in [3.8, 4) is 5.75 Å². The fraction of sp³-hybridized carbons (Fsp3) is 0.231. The lowest BCUT2D eigenvalue weighted by Gasteiger charge is -2.19. The number of nitrogens with zero attached hydrogens (tertiary/aromatic N) is 1. The normalized spacial score (nSPS) is 10.9. The summed E-state index contributed by atoms with van der Waals surface area (Å²) in [5.74, 6) is -2.79. The molecule has 0 fully saturated rings. The molecule has 0 bridgehead atoms. The largest absolute Gasteiger partial charge is 0.491 e. The van der Waals surface area contributed by atoms with Gasteiger partial charge < -0.3 is 25.4 Å². The number of ether oxygens (including phenoxy) is 2. The Balaban J connectivity index is 1.72. The van der Waals surface area contributed by atoms with Crippen LogP contribution >= 0.6 is 11.6 Å². The Morgan fingerprint density at radius 1 is 0.921 bits per heavy atom. The highest BCUT2D eigenvalue weighted by atomic mass is 35.5. The van der Waals surface area contributed by atoms with Crippen LogP contribution in [0.4, 0.5) is 25.1 Å². The number of hydrogen-bond donors (Lipinski definition) is 3. The van der Waals surface area contributed by atoms with Gasteiger partial charge in [0.1, 0.15) is 35.4 Å². The zero-order valence-corrected chi connectivity index (χ0v) is 21.5. The number of aromatic nitrogens is 1. The zero-order valence-electron chi connectivity index (χ0n) is 20.7. The molecule has 12 heteroatoms. The van der Waals surface area contributed by atoms with Crippen LogP contribution in [0.25, 0.3) is 0 Å². The number of alkyl carbamates (subject to hydrolysis) is 1. The molecular weight excluding hydrogens is 522 g/mol. The van der Waals surface area contributed by atoms with Gasteiger partial charge in [0.2, 0.25) is 0 Å². The summed E-state index contributed by atoms with van der Waals surface area (Å²) in [6, 6.07) is 9.46. The molecule has 3 rings (SSSR count). The Bertz CT molecular complexity index is 1330. The molecule has 0 unspecified atom stereocenters. The molecule has 0 atom stereocenters.